The Morgan fingerprint density at radius 3 is 2.69 bits per heavy atom. The Morgan fingerprint density at radius 2 is 1.94 bits per heavy atom. The molecule has 36 heavy (non-hydrogen) atoms. The number of alkyl halides is 2. The summed E-state index contributed by atoms with van der Waals surface area (Å²) >= 11 is 6.04. The van der Waals surface area contributed by atoms with Crippen LogP contribution in [0.4, 0.5) is 8.78 Å². The van der Waals surface area contributed by atoms with Crippen LogP contribution in [0.5, 0.6) is 0 Å². The Hall–Kier alpha value is -3.83. The van der Waals surface area contributed by atoms with E-state index in [0.717, 1.165) is 21.2 Å². The van der Waals surface area contributed by atoms with Gasteiger partial charge in [0.15, 0.2) is 0 Å². The number of halogens is 3. The van der Waals surface area contributed by atoms with Crippen LogP contribution in [0.3, 0.4) is 0 Å². The second kappa shape index (κ2) is 10.0. The van der Waals surface area contributed by atoms with E-state index in [-0.39, 0.29) is 12.0 Å². The highest BCUT2D eigenvalue weighted by Crippen LogP contribution is 2.41. The third-order valence-electron chi connectivity index (χ3n) is 6.33. The number of hydrogen-bond donors (Lipinski definition) is 1. The van der Waals surface area contributed by atoms with E-state index in [9.17, 15) is 23.6 Å². The van der Waals surface area contributed by atoms with Gasteiger partial charge in [0.25, 0.3) is 11.8 Å². The highest BCUT2D eigenvalue weighted by molar-refractivity contribution is 6.31. The summed E-state index contributed by atoms with van der Waals surface area (Å²) in [4.78, 5) is 30.5. The second-order valence-corrected chi connectivity index (χ2v) is 9.18. The topological polar surface area (TPSA) is 86.1 Å². The van der Waals surface area contributed by atoms with Gasteiger partial charge in [0.05, 0.1) is 19.2 Å². The first kappa shape index (κ1) is 25.3. The van der Waals surface area contributed by atoms with Crippen molar-refractivity contribution in [3.05, 3.63) is 76.6 Å². The van der Waals surface area contributed by atoms with E-state index in [0.29, 0.717) is 10.6 Å². The monoisotopic (exact) mass is 508 g/mol. The first-order chi connectivity index (χ1) is 17.2. The minimum Gasteiger partial charge on any atom is -0.343 e. The lowest BCUT2D eigenvalue weighted by atomic mass is 9.94. The van der Waals surface area contributed by atoms with Crippen molar-refractivity contribution in [2.75, 3.05) is 13.1 Å². The van der Waals surface area contributed by atoms with E-state index >= 15 is 0 Å². The number of likely N-dealkylation sites (tertiary alicyclic amines) is 1. The summed E-state index contributed by atoms with van der Waals surface area (Å²) in [6.07, 6.45) is 5.90. The molecular weight excluding hydrogens is 486 g/mol. The molecule has 1 aromatic heterocycles. The molecule has 1 unspecified atom stereocenters. The SMILES string of the molecule is CCC1(C#N)CC(F)(F)CN1C(=O)CNC(=O)c1ccncc1C=Cc1ccc2cc(Cl)ccc2c1. The quantitative estimate of drug-likeness (QED) is 0.487. The fourth-order valence-corrected chi connectivity index (χ4v) is 4.58. The van der Waals surface area contributed by atoms with E-state index in [1.54, 1.807) is 13.0 Å². The van der Waals surface area contributed by atoms with Crippen molar-refractivity contribution in [2.24, 2.45) is 0 Å². The minimum absolute atomic E-state index is 0.0693. The number of nitriles is 1. The van der Waals surface area contributed by atoms with Crippen LogP contribution in [0.25, 0.3) is 22.9 Å². The number of benzene rings is 2. The Kier molecular flexibility index (Phi) is 7.04. The normalized spacial score (nSPS) is 18.9. The van der Waals surface area contributed by atoms with Crippen molar-refractivity contribution >= 4 is 46.3 Å². The van der Waals surface area contributed by atoms with Crippen molar-refractivity contribution in [1.82, 2.24) is 15.2 Å². The van der Waals surface area contributed by atoms with E-state index in [1.165, 1.54) is 18.5 Å². The van der Waals surface area contributed by atoms with Gasteiger partial charge in [0.1, 0.15) is 5.54 Å². The number of nitrogens with one attached hydrogen (secondary N) is 1. The number of carbonyl (C=O) groups is 2. The maximum atomic E-state index is 14.0. The predicted molar refractivity (Wildman–Crippen MR) is 134 cm³/mol. The van der Waals surface area contributed by atoms with Gasteiger partial charge in [-0.25, -0.2) is 8.78 Å². The van der Waals surface area contributed by atoms with Gasteiger partial charge in [-0.05, 0) is 47.0 Å². The maximum absolute atomic E-state index is 14.0. The highest BCUT2D eigenvalue weighted by atomic mass is 35.5. The zero-order valence-electron chi connectivity index (χ0n) is 19.5. The fourth-order valence-electron chi connectivity index (χ4n) is 4.40. The Labute approximate surface area is 212 Å². The lowest BCUT2D eigenvalue weighted by Gasteiger charge is -2.30. The first-order valence-electron chi connectivity index (χ1n) is 11.4. The molecular formula is C27H23ClF2N4O2. The molecule has 0 bridgehead atoms. The molecule has 0 saturated carbocycles. The molecule has 1 N–H and O–H groups in total. The third kappa shape index (κ3) is 5.21. The molecule has 0 spiro atoms. The van der Waals surface area contributed by atoms with E-state index in [4.69, 9.17) is 11.6 Å². The fraction of sp³-hybridized carbons (Fsp3) is 0.259. The molecule has 1 saturated heterocycles. The Bertz CT molecular complexity index is 1400. The number of amides is 2. The molecule has 3 aromatic rings. The molecule has 1 aliphatic rings. The molecule has 9 heteroatoms. The zero-order chi connectivity index (χ0) is 25.9. The summed E-state index contributed by atoms with van der Waals surface area (Å²) in [5, 5.41) is 14.7. The molecule has 0 radical (unpaired) electrons. The van der Waals surface area contributed by atoms with Gasteiger partial charge in [-0.2, -0.15) is 5.26 Å². The maximum Gasteiger partial charge on any atom is 0.268 e. The Balaban J connectivity index is 1.48. The molecule has 1 atom stereocenters. The number of carbonyl (C=O) groups excluding carboxylic acids is 2. The third-order valence-corrected chi connectivity index (χ3v) is 6.56. The number of rotatable bonds is 6. The molecule has 184 valence electrons. The summed E-state index contributed by atoms with van der Waals surface area (Å²) in [5.41, 5.74) is 0.112. The summed E-state index contributed by atoms with van der Waals surface area (Å²) in [6.45, 7) is 0.241. The summed E-state index contributed by atoms with van der Waals surface area (Å²) in [5.74, 6) is -4.43. The van der Waals surface area contributed by atoms with Crippen molar-refractivity contribution in [2.45, 2.75) is 31.2 Å². The van der Waals surface area contributed by atoms with Crippen molar-refractivity contribution in [3.8, 4) is 6.07 Å². The van der Waals surface area contributed by atoms with Gasteiger partial charge in [-0.1, -0.05) is 48.9 Å². The number of nitrogens with zero attached hydrogens (tertiary/aromatic N) is 3. The lowest BCUT2D eigenvalue weighted by molar-refractivity contribution is -0.133. The zero-order valence-corrected chi connectivity index (χ0v) is 20.2. The van der Waals surface area contributed by atoms with Crippen molar-refractivity contribution < 1.29 is 18.4 Å². The molecule has 4 rings (SSSR count). The highest BCUT2D eigenvalue weighted by Gasteiger charge is 2.56. The molecule has 2 heterocycles. The van der Waals surface area contributed by atoms with Crippen LogP contribution in [-0.2, 0) is 4.79 Å². The van der Waals surface area contributed by atoms with Gasteiger partial charge < -0.3 is 10.2 Å². The van der Waals surface area contributed by atoms with Crippen LogP contribution < -0.4 is 5.32 Å². The lowest BCUT2D eigenvalue weighted by Crippen LogP contribution is -2.49. The van der Waals surface area contributed by atoms with Crippen LogP contribution >= 0.6 is 11.6 Å². The molecule has 2 aromatic carbocycles. The van der Waals surface area contributed by atoms with E-state index in [2.05, 4.69) is 10.3 Å². The van der Waals surface area contributed by atoms with Gasteiger partial charge in [-0.15, -0.1) is 0 Å². The van der Waals surface area contributed by atoms with Crippen LogP contribution in [0.15, 0.2) is 54.9 Å². The largest absolute Gasteiger partial charge is 0.343 e. The smallest absolute Gasteiger partial charge is 0.268 e. The van der Waals surface area contributed by atoms with Gasteiger partial charge in [0.2, 0.25) is 5.91 Å². The summed E-state index contributed by atoms with van der Waals surface area (Å²) in [7, 11) is 0. The standard InChI is InChI=1S/C27H23ClF2N4O2/c1-2-26(16-31)15-27(29,30)17-34(26)24(35)14-33-25(36)23-9-10-32-13-21(23)6-4-18-3-5-20-12-22(28)8-7-19(20)11-18/h3-13H,2,14-15,17H2,1H3,(H,33,36). The average molecular weight is 509 g/mol. The number of aromatic nitrogens is 1. The summed E-state index contributed by atoms with van der Waals surface area (Å²) < 4.78 is 28.0. The van der Waals surface area contributed by atoms with Crippen LogP contribution in [0.1, 0.15) is 41.3 Å². The van der Waals surface area contributed by atoms with Gasteiger partial charge >= 0.3 is 0 Å². The predicted octanol–water partition coefficient (Wildman–Crippen LogP) is 5.33. The van der Waals surface area contributed by atoms with Gasteiger partial charge in [-0.3, -0.25) is 14.6 Å². The molecule has 1 aliphatic heterocycles. The number of pyridine rings is 1. The van der Waals surface area contributed by atoms with Crippen molar-refractivity contribution in [1.29, 1.82) is 5.26 Å². The summed E-state index contributed by atoms with van der Waals surface area (Å²) in [6, 6.07) is 14.8. The Morgan fingerprint density at radius 1 is 1.19 bits per heavy atom. The average Bonchev–Trinajstić information content (AvgIpc) is 3.17. The van der Waals surface area contributed by atoms with E-state index < -0.39 is 42.8 Å². The van der Waals surface area contributed by atoms with Crippen LogP contribution in [-0.4, -0.2) is 46.2 Å². The molecule has 0 aliphatic carbocycles. The first-order valence-corrected chi connectivity index (χ1v) is 11.7. The molecule has 1 fully saturated rings. The molecule has 6 nitrogen and oxygen atoms in total. The minimum atomic E-state index is -3.15. The van der Waals surface area contributed by atoms with E-state index in [1.807, 2.05) is 48.5 Å². The second-order valence-electron chi connectivity index (χ2n) is 8.74. The van der Waals surface area contributed by atoms with Crippen LogP contribution in [0.2, 0.25) is 5.02 Å². The number of fused-ring (bicyclic) bond motifs is 1. The van der Waals surface area contributed by atoms with Crippen LogP contribution in [0, 0.1) is 11.3 Å². The van der Waals surface area contributed by atoms with Crippen molar-refractivity contribution in [3.63, 3.8) is 0 Å². The van der Waals surface area contributed by atoms with Gasteiger partial charge in [0, 0.05) is 35.0 Å². The number of hydrogen-bond acceptors (Lipinski definition) is 4. The molecule has 2 amide bonds.